The molecule has 3 aliphatic heterocycles. The molecule has 3 aliphatic rings. The van der Waals surface area contributed by atoms with Gasteiger partial charge in [-0.15, -0.1) is 0 Å². The molecular formula is C32H35F4N5O4. The van der Waals surface area contributed by atoms with E-state index in [1.54, 1.807) is 6.92 Å². The summed E-state index contributed by atoms with van der Waals surface area (Å²) in [4.78, 5) is 23.6. The van der Waals surface area contributed by atoms with E-state index in [0.29, 0.717) is 42.2 Å². The van der Waals surface area contributed by atoms with Crippen LogP contribution in [0.1, 0.15) is 60.9 Å². The van der Waals surface area contributed by atoms with Gasteiger partial charge in [0.25, 0.3) is 11.7 Å². The summed E-state index contributed by atoms with van der Waals surface area (Å²) in [5.41, 5.74) is 2.33. The molecule has 2 atom stereocenters. The molecule has 5 heterocycles. The van der Waals surface area contributed by atoms with Crippen molar-refractivity contribution in [1.29, 1.82) is 0 Å². The van der Waals surface area contributed by atoms with Crippen LogP contribution in [0.3, 0.4) is 0 Å². The molecule has 45 heavy (non-hydrogen) atoms. The van der Waals surface area contributed by atoms with E-state index in [0.717, 1.165) is 43.7 Å². The van der Waals surface area contributed by atoms with Crippen molar-refractivity contribution in [3.8, 4) is 11.5 Å². The molecule has 0 radical (unpaired) electrons. The molecule has 2 fully saturated rings. The third kappa shape index (κ3) is 6.41. The molecule has 13 heteroatoms. The van der Waals surface area contributed by atoms with Crippen LogP contribution in [0.5, 0.6) is 11.5 Å². The number of fused-ring (bicyclic) bond motifs is 2. The lowest BCUT2D eigenvalue weighted by Crippen LogP contribution is -2.37. The van der Waals surface area contributed by atoms with E-state index in [1.165, 1.54) is 25.3 Å². The van der Waals surface area contributed by atoms with Gasteiger partial charge in [-0.3, -0.25) is 9.69 Å². The number of rotatable bonds is 9. The minimum Gasteiger partial charge on any atom is -0.444 e. The lowest BCUT2D eigenvalue weighted by Gasteiger charge is -2.33. The van der Waals surface area contributed by atoms with Gasteiger partial charge in [-0.2, -0.15) is 13.2 Å². The molecule has 6 rings (SSSR count). The fourth-order valence-electron chi connectivity index (χ4n) is 6.25. The Morgan fingerprint density at radius 3 is 2.62 bits per heavy atom. The van der Waals surface area contributed by atoms with Crippen LogP contribution in [0.25, 0.3) is 11.0 Å². The first-order valence-corrected chi connectivity index (χ1v) is 15.0. The lowest BCUT2D eigenvalue weighted by atomic mass is 9.88. The molecule has 1 N–H and O–H groups in total. The first kappa shape index (κ1) is 31.0. The molecule has 2 aromatic heterocycles. The number of halogens is 4. The smallest absolute Gasteiger partial charge is 0.405 e. The van der Waals surface area contributed by atoms with Crippen LogP contribution in [0.15, 0.2) is 54.5 Å². The van der Waals surface area contributed by atoms with Gasteiger partial charge in [-0.05, 0) is 57.3 Å². The molecule has 0 bridgehead atoms. The largest absolute Gasteiger partial charge is 0.444 e. The van der Waals surface area contributed by atoms with Gasteiger partial charge in [0.2, 0.25) is 0 Å². The van der Waals surface area contributed by atoms with Gasteiger partial charge in [-0.1, -0.05) is 24.8 Å². The average molecular weight is 630 g/mol. The lowest BCUT2D eigenvalue weighted by molar-refractivity contribution is -0.123. The van der Waals surface area contributed by atoms with Crippen molar-refractivity contribution in [1.82, 2.24) is 24.8 Å². The molecule has 0 spiro atoms. The SMILES string of the molecule is C=C/C(=C(\C)F)[C@@]1(C)Oc2cccc(C3CCN(Cc4nc5cc(C(=O)NCC(F)(F)F)ncc5n4C[C@@H]4CCO4)CC3)c2O1. The normalized spacial score (nSPS) is 22.7. The molecule has 3 aromatic rings. The first-order valence-electron chi connectivity index (χ1n) is 15.0. The van der Waals surface area contributed by atoms with Crippen LogP contribution in [0.4, 0.5) is 17.6 Å². The highest BCUT2D eigenvalue weighted by molar-refractivity contribution is 5.95. The van der Waals surface area contributed by atoms with Crippen LogP contribution < -0.4 is 14.8 Å². The van der Waals surface area contributed by atoms with E-state index in [1.807, 2.05) is 28.1 Å². The summed E-state index contributed by atoms with van der Waals surface area (Å²) < 4.78 is 72.1. The summed E-state index contributed by atoms with van der Waals surface area (Å²) in [7, 11) is 0. The van der Waals surface area contributed by atoms with Crippen molar-refractivity contribution in [3.63, 3.8) is 0 Å². The zero-order valence-electron chi connectivity index (χ0n) is 25.1. The zero-order chi connectivity index (χ0) is 31.9. The molecule has 1 aromatic carbocycles. The molecule has 2 saturated heterocycles. The third-order valence-corrected chi connectivity index (χ3v) is 8.64. The van der Waals surface area contributed by atoms with Crippen LogP contribution in [-0.2, 0) is 17.8 Å². The van der Waals surface area contributed by atoms with Gasteiger partial charge < -0.3 is 24.1 Å². The van der Waals surface area contributed by atoms with E-state index < -0.39 is 30.2 Å². The van der Waals surface area contributed by atoms with Crippen LogP contribution >= 0.6 is 0 Å². The highest BCUT2D eigenvalue weighted by atomic mass is 19.4. The molecule has 0 aliphatic carbocycles. The summed E-state index contributed by atoms with van der Waals surface area (Å²) >= 11 is 0. The maximum atomic E-state index is 14.2. The summed E-state index contributed by atoms with van der Waals surface area (Å²) in [5.74, 6) is -0.443. The Balaban J connectivity index is 1.17. The van der Waals surface area contributed by atoms with Gasteiger partial charge >= 0.3 is 6.18 Å². The van der Waals surface area contributed by atoms with Crippen molar-refractivity contribution in [2.75, 3.05) is 26.2 Å². The third-order valence-electron chi connectivity index (χ3n) is 8.64. The number of nitrogens with zero attached hydrogens (tertiary/aromatic N) is 4. The number of allylic oxidation sites excluding steroid dienone is 1. The molecular weight excluding hydrogens is 594 g/mol. The number of imidazole rings is 1. The minimum absolute atomic E-state index is 0.0346. The minimum atomic E-state index is -4.52. The monoisotopic (exact) mass is 629 g/mol. The average Bonchev–Trinajstić information content (AvgIpc) is 3.49. The fourth-order valence-corrected chi connectivity index (χ4v) is 6.25. The summed E-state index contributed by atoms with van der Waals surface area (Å²) in [6.07, 6.45) is 1.03. The quantitative estimate of drug-likeness (QED) is 0.236. The zero-order valence-corrected chi connectivity index (χ0v) is 25.1. The second-order valence-corrected chi connectivity index (χ2v) is 11.8. The van der Waals surface area contributed by atoms with E-state index in [4.69, 9.17) is 19.2 Å². The van der Waals surface area contributed by atoms with Gasteiger partial charge in [0.15, 0.2) is 11.5 Å². The number of pyridine rings is 1. The van der Waals surface area contributed by atoms with E-state index in [-0.39, 0.29) is 23.3 Å². The van der Waals surface area contributed by atoms with Crippen LogP contribution in [0.2, 0.25) is 0 Å². The number of amides is 1. The Hall–Kier alpha value is -3.97. The number of piperidine rings is 1. The second-order valence-electron chi connectivity index (χ2n) is 11.8. The number of carbonyl (C=O) groups is 1. The summed E-state index contributed by atoms with van der Waals surface area (Å²) in [5, 5.41) is 1.86. The van der Waals surface area contributed by atoms with Crippen LogP contribution in [-0.4, -0.2) is 69.7 Å². The van der Waals surface area contributed by atoms with Gasteiger partial charge in [0.05, 0.1) is 42.0 Å². The van der Waals surface area contributed by atoms with Crippen molar-refractivity contribution < 1.29 is 36.6 Å². The van der Waals surface area contributed by atoms with Gasteiger partial charge in [0.1, 0.15) is 23.9 Å². The molecule has 1 amide bonds. The molecule has 0 unspecified atom stereocenters. The first-order chi connectivity index (χ1) is 21.4. The number of nitrogens with one attached hydrogen (secondary N) is 1. The topological polar surface area (TPSA) is 90.7 Å². The predicted octanol–water partition coefficient (Wildman–Crippen LogP) is 5.81. The predicted molar refractivity (Wildman–Crippen MR) is 158 cm³/mol. The Kier molecular flexibility index (Phi) is 8.33. The second kappa shape index (κ2) is 12.1. The maximum Gasteiger partial charge on any atom is 0.405 e. The summed E-state index contributed by atoms with van der Waals surface area (Å²) in [6.45, 7) is 8.68. The van der Waals surface area contributed by atoms with Gasteiger partial charge in [-0.25, -0.2) is 14.4 Å². The highest BCUT2D eigenvalue weighted by Crippen LogP contribution is 2.49. The number of ether oxygens (including phenoxy) is 3. The number of hydrogen-bond acceptors (Lipinski definition) is 7. The Morgan fingerprint density at radius 1 is 1.22 bits per heavy atom. The number of carbonyl (C=O) groups excluding carboxylic acids is 1. The molecule has 240 valence electrons. The van der Waals surface area contributed by atoms with Crippen molar-refractivity contribution in [3.05, 3.63) is 71.6 Å². The Morgan fingerprint density at radius 2 is 1.98 bits per heavy atom. The number of likely N-dealkylation sites (tertiary alicyclic amines) is 1. The highest BCUT2D eigenvalue weighted by Gasteiger charge is 2.43. The van der Waals surface area contributed by atoms with E-state index >= 15 is 0 Å². The van der Waals surface area contributed by atoms with E-state index in [9.17, 15) is 22.4 Å². The van der Waals surface area contributed by atoms with Crippen molar-refractivity contribution in [2.45, 2.75) is 70.2 Å². The maximum absolute atomic E-state index is 14.2. The Bertz CT molecular complexity index is 1640. The molecule has 9 nitrogen and oxygen atoms in total. The van der Waals surface area contributed by atoms with Crippen molar-refractivity contribution in [2.24, 2.45) is 0 Å². The van der Waals surface area contributed by atoms with E-state index in [2.05, 4.69) is 16.5 Å². The molecule has 0 saturated carbocycles. The fraction of sp³-hybridized carbons (Fsp3) is 0.469. The number of aromatic nitrogens is 3. The number of para-hydroxylation sites is 1. The number of benzene rings is 1. The summed E-state index contributed by atoms with van der Waals surface area (Å²) in [6, 6.07) is 7.20. The standard InChI is InChI=1S/C32H35F4N5O4/c1-4-23(19(2)33)31(3)44-27-7-5-6-22(29(27)45-31)20-8-11-40(12-9-20)17-28-39-24-14-25(30(42)38-18-32(34,35)36)37-15-26(24)41(28)16-21-10-13-43-21/h4-7,14-15,20-21H,1,8-13,16-18H2,2-3H3,(H,38,42)/b23-19-/t21-,31-/m0/s1. The number of alkyl halides is 3. The Labute approximate surface area is 257 Å². The number of hydrogen-bond donors (Lipinski definition) is 1. The van der Waals surface area contributed by atoms with Crippen molar-refractivity contribution >= 4 is 16.9 Å². The van der Waals surface area contributed by atoms with Gasteiger partial charge in [0, 0.05) is 19.1 Å². The van der Waals surface area contributed by atoms with Crippen LogP contribution in [0, 0.1) is 0 Å².